The number of hydrogen-bond acceptors (Lipinski definition) is 4. The van der Waals surface area contributed by atoms with Crippen LogP contribution >= 0.6 is 0 Å². The normalized spacial score (nSPS) is 10.8. The molecule has 0 aromatic heterocycles. The number of carbonyl (C=O) groups is 1. The Morgan fingerprint density at radius 1 is 1.24 bits per heavy atom. The molecule has 0 aliphatic heterocycles. The van der Waals surface area contributed by atoms with Gasteiger partial charge in [0.2, 0.25) is 0 Å². The molecular formula is C18H17F3N2O2. The molecule has 7 heteroatoms. The first-order chi connectivity index (χ1) is 11.8. The van der Waals surface area contributed by atoms with Crippen LogP contribution in [-0.4, -0.2) is 24.7 Å². The zero-order valence-corrected chi connectivity index (χ0v) is 13.6. The highest BCUT2D eigenvalue weighted by Crippen LogP contribution is 2.26. The van der Waals surface area contributed by atoms with Crippen LogP contribution in [0.25, 0.3) is 0 Å². The van der Waals surface area contributed by atoms with E-state index in [-0.39, 0.29) is 39.9 Å². The van der Waals surface area contributed by atoms with Crippen LogP contribution in [0.2, 0.25) is 0 Å². The Hall–Kier alpha value is -2.83. The summed E-state index contributed by atoms with van der Waals surface area (Å²) in [7, 11) is 0. The van der Waals surface area contributed by atoms with Gasteiger partial charge in [-0.25, -0.2) is 4.39 Å². The molecule has 2 rings (SSSR count). The zero-order valence-electron chi connectivity index (χ0n) is 13.6. The minimum Gasteiger partial charge on any atom is -0.435 e. The van der Waals surface area contributed by atoms with Gasteiger partial charge < -0.3 is 10.1 Å². The molecule has 2 aromatic carbocycles. The zero-order chi connectivity index (χ0) is 18.6. The molecule has 132 valence electrons. The van der Waals surface area contributed by atoms with E-state index in [0.717, 1.165) is 6.07 Å². The number of nitrogens with one attached hydrogen (secondary N) is 2. The van der Waals surface area contributed by atoms with Crippen molar-refractivity contribution in [1.29, 1.82) is 5.41 Å². The van der Waals surface area contributed by atoms with E-state index in [1.807, 2.05) is 13.8 Å². The fourth-order valence-corrected chi connectivity index (χ4v) is 2.35. The number of carbonyl (C=O) groups excluding carboxylic acids is 1. The Kier molecular flexibility index (Phi) is 5.80. The van der Waals surface area contributed by atoms with Crippen LogP contribution in [0, 0.1) is 11.2 Å². The van der Waals surface area contributed by atoms with Gasteiger partial charge in [0.15, 0.2) is 0 Å². The smallest absolute Gasteiger partial charge is 0.387 e. The topological polar surface area (TPSA) is 62.2 Å². The van der Waals surface area contributed by atoms with Gasteiger partial charge in [0, 0.05) is 22.9 Å². The number of ether oxygens (including phenoxy) is 1. The second-order valence-corrected chi connectivity index (χ2v) is 5.62. The number of alkyl halides is 2. The van der Waals surface area contributed by atoms with Gasteiger partial charge in [0.05, 0.1) is 11.3 Å². The van der Waals surface area contributed by atoms with Gasteiger partial charge in [-0.05, 0) is 38.1 Å². The van der Waals surface area contributed by atoms with Crippen LogP contribution in [0.15, 0.2) is 36.4 Å². The second-order valence-electron chi connectivity index (χ2n) is 5.62. The summed E-state index contributed by atoms with van der Waals surface area (Å²) >= 11 is 0. The molecule has 4 nitrogen and oxygen atoms in total. The third-order valence-corrected chi connectivity index (χ3v) is 3.29. The van der Waals surface area contributed by atoms with Gasteiger partial charge in [-0.2, -0.15) is 8.78 Å². The maximum Gasteiger partial charge on any atom is 0.387 e. The number of benzene rings is 2. The van der Waals surface area contributed by atoms with E-state index in [2.05, 4.69) is 10.1 Å². The maximum atomic E-state index is 14.5. The molecule has 0 spiro atoms. The Labute approximate surface area is 143 Å². The third kappa shape index (κ3) is 4.59. The Morgan fingerprint density at radius 2 is 1.96 bits per heavy atom. The fraction of sp³-hybridized carbons (Fsp3) is 0.222. The first kappa shape index (κ1) is 18.5. The van der Waals surface area contributed by atoms with E-state index >= 15 is 0 Å². The van der Waals surface area contributed by atoms with Crippen molar-refractivity contribution in [2.45, 2.75) is 26.5 Å². The molecule has 0 saturated heterocycles. The van der Waals surface area contributed by atoms with Crippen molar-refractivity contribution in [3.8, 4) is 5.75 Å². The third-order valence-electron chi connectivity index (χ3n) is 3.29. The molecule has 0 bridgehead atoms. The van der Waals surface area contributed by atoms with Gasteiger partial charge in [-0.3, -0.25) is 10.2 Å². The van der Waals surface area contributed by atoms with Gasteiger partial charge in [-0.1, -0.05) is 12.1 Å². The molecule has 0 heterocycles. The van der Waals surface area contributed by atoms with Crippen LogP contribution in [0.4, 0.5) is 18.9 Å². The van der Waals surface area contributed by atoms with E-state index in [1.54, 1.807) is 0 Å². The molecule has 0 aliphatic carbocycles. The average molecular weight is 350 g/mol. The molecule has 0 amide bonds. The minimum atomic E-state index is -2.99. The predicted molar refractivity (Wildman–Crippen MR) is 89.6 cm³/mol. The van der Waals surface area contributed by atoms with Crippen molar-refractivity contribution in [2.24, 2.45) is 0 Å². The predicted octanol–water partition coefficient (Wildman–Crippen LogP) is 4.48. The van der Waals surface area contributed by atoms with Crippen molar-refractivity contribution in [3.63, 3.8) is 0 Å². The number of rotatable bonds is 7. The highest BCUT2D eigenvalue weighted by atomic mass is 19.3. The summed E-state index contributed by atoms with van der Waals surface area (Å²) in [6.45, 7) is 0.664. The Bertz CT molecular complexity index is 792. The summed E-state index contributed by atoms with van der Waals surface area (Å²) < 4.78 is 43.5. The molecule has 0 atom stereocenters. The summed E-state index contributed by atoms with van der Waals surface area (Å²) in [4.78, 5) is 11.0. The van der Waals surface area contributed by atoms with Crippen molar-refractivity contribution < 1.29 is 22.7 Å². The summed E-state index contributed by atoms with van der Waals surface area (Å²) in [6.07, 6.45) is 0.513. The van der Waals surface area contributed by atoms with Gasteiger partial charge >= 0.3 is 6.61 Å². The summed E-state index contributed by atoms with van der Waals surface area (Å²) in [5.41, 5.74) is 0.364. The Morgan fingerprint density at radius 3 is 2.56 bits per heavy atom. The van der Waals surface area contributed by atoms with Crippen molar-refractivity contribution in [3.05, 3.63) is 58.9 Å². The van der Waals surface area contributed by atoms with E-state index in [9.17, 15) is 18.0 Å². The molecule has 25 heavy (non-hydrogen) atoms. The largest absolute Gasteiger partial charge is 0.435 e. The van der Waals surface area contributed by atoms with Gasteiger partial charge in [0.25, 0.3) is 0 Å². The van der Waals surface area contributed by atoms with Crippen molar-refractivity contribution in [1.82, 2.24) is 0 Å². The van der Waals surface area contributed by atoms with E-state index in [4.69, 9.17) is 5.41 Å². The SMILES string of the molecule is CC(C)Nc1cc(C=O)cc(F)c1C(=N)c1cccc(OC(F)F)c1. The molecule has 0 saturated carbocycles. The number of halogens is 3. The average Bonchev–Trinajstić information content (AvgIpc) is 2.53. The summed E-state index contributed by atoms with van der Waals surface area (Å²) in [6, 6.07) is 7.90. The maximum absolute atomic E-state index is 14.5. The van der Waals surface area contributed by atoms with E-state index in [1.165, 1.54) is 30.3 Å². The molecule has 0 radical (unpaired) electrons. The molecule has 0 unspecified atom stereocenters. The second kappa shape index (κ2) is 7.83. The lowest BCUT2D eigenvalue weighted by atomic mass is 9.98. The molecule has 0 aliphatic rings. The summed E-state index contributed by atoms with van der Waals surface area (Å²) in [5, 5.41) is 11.3. The quantitative estimate of drug-likeness (QED) is 0.572. The number of aldehydes is 1. The van der Waals surface area contributed by atoms with Crippen LogP contribution in [0.3, 0.4) is 0 Å². The van der Waals surface area contributed by atoms with Crippen molar-refractivity contribution >= 4 is 17.7 Å². The lowest BCUT2D eigenvalue weighted by Crippen LogP contribution is -2.16. The van der Waals surface area contributed by atoms with Crippen LogP contribution in [0.5, 0.6) is 5.75 Å². The molecule has 0 fully saturated rings. The standard InChI is InChI=1S/C18H17F3N2O2/c1-10(2)23-15-7-11(9-24)6-14(19)16(15)17(22)12-4-3-5-13(8-12)25-18(20)21/h3-10,18,22-23H,1-2H3. The lowest BCUT2D eigenvalue weighted by molar-refractivity contribution is -0.0498. The Balaban J connectivity index is 2.49. The molecular weight excluding hydrogens is 333 g/mol. The van der Waals surface area contributed by atoms with Crippen LogP contribution in [-0.2, 0) is 0 Å². The van der Waals surface area contributed by atoms with E-state index < -0.39 is 12.4 Å². The fourth-order valence-electron chi connectivity index (χ4n) is 2.35. The summed E-state index contributed by atoms with van der Waals surface area (Å²) in [5.74, 6) is -0.876. The van der Waals surface area contributed by atoms with Crippen molar-refractivity contribution in [2.75, 3.05) is 5.32 Å². The van der Waals surface area contributed by atoms with Gasteiger partial charge in [-0.15, -0.1) is 0 Å². The van der Waals surface area contributed by atoms with Crippen LogP contribution < -0.4 is 10.1 Å². The first-order valence-corrected chi connectivity index (χ1v) is 7.51. The van der Waals surface area contributed by atoms with E-state index in [0.29, 0.717) is 6.29 Å². The highest BCUT2D eigenvalue weighted by molar-refractivity contribution is 6.14. The van der Waals surface area contributed by atoms with Gasteiger partial charge in [0.1, 0.15) is 17.9 Å². The molecule has 2 aromatic rings. The molecule has 2 N–H and O–H groups in total. The lowest BCUT2D eigenvalue weighted by Gasteiger charge is -2.17. The monoisotopic (exact) mass is 350 g/mol. The number of hydrogen-bond donors (Lipinski definition) is 2. The number of anilines is 1. The minimum absolute atomic E-state index is 0.0477. The van der Waals surface area contributed by atoms with Crippen LogP contribution in [0.1, 0.15) is 35.3 Å². The highest BCUT2D eigenvalue weighted by Gasteiger charge is 2.18. The first-order valence-electron chi connectivity index (χ1n) is 7.51.